The molecule has 1 amide bonds. The van der Waals surface area contributed by atoms with Gasteiger partial charge in [0.1, 0.15) is 5.54 Å². The molecule has 1 fully saturated rings. The molecule has 118 valence electrons. The molecule has 1 unspecified atom stereocenters. The second kappa shape index (κ2) is 6.93. The van der Waals surface area contributed by atoms with Crippen molar-refractivity contribution in [3.05, 3.63) is 0 Å². The van der Waals surface area contributed by atoms with Crippen molar-refractivity contribution in [2.75, 3.05) is 31.3 Å². The zero-order valence-corrected chi connectivity index (χ0v) is 14.4. The highest BCUT2D eigenvalue weighted by Gasteiger charge is 2.49. The third kappa shape index (κ3) is 3.87. The molecular weight excluding hydrogens is 306 g/mol. The average Bonchev–Trinajstić information content (AvgIpc) is 3.17. The van der Waals surface area contributed by atoms with Crippen molar-refractivity contribution in [1.82, 2.24) is 15.5 Å². The van der Waals surface area contributed by atoms with Gasteiger partial charge < -0.3 is 16.0 Å². The topological polar surface area (TPSA) is 84.1 Å². The number of thioether (sulfide) groups is 1. The summed E-state index contributed by atoms with van der Waals surface area (Å²) in [6.07, 6.45) is 3.12. The molecule has 0 aliphatic heterocycles. The van der Waals surface area contributed by atoms with E-state index in [9.17, 15) is 4.79 Å². The summed E-state index contributed by atoms with van der Waals surface area (Å²) in [4.78, 5) is 14.0. The molecule has 0 radical (unpaired) electrons. The van der Waals surface area contributed by atoms with E-state index in [4.69, 9.17) is 5.73 Å². The van der Waals surface area contributed by atoms with Crippen LogP contribution in [-0.4, -0.2) is 48.0 Å². The molecule has 1 aromatic rings. The molecule has 6 nitrogen and oxygen atoms in total. The molecule has 3 N–H and O–H groups in total. The quantitative estimate of drug-likeness (QED) is 0.665. The summed E-state index contributed by atoms with van der Waals surface area (Å²) >= 11 is 3.10. The average molecular weight is 329 g/mol. The minimum Gasteiger partial charge on any atom is -0.368 e. The number of nitrogens with two attached hydrogens (primary N) is 1. The SMILES string of the molecule is CCCNC(CSc1nnc(N(C)C)s1)(C(N)=O)C1CC1. The molecule has 1 aliphatic carbocycles. The Bertz CT molecular complexity index is 489. The number of aromatic nitrogens is 2. The van der Waals surface area contributed by atoms with Crippen LogP contribution < -0.4 is 16.0 Å². The predicted molar refractivity (Wildman–Crippen MR) is 87.9 cm³/mol. The first kappa shape index (κ1) is 16.5. The number of nitrogens with zero attached hydrogens (tertiary/aromatic N) is 3. The third-order valence-electron chi connectivity index (χ3n) is 3.61. The van der Waals surface area contributed by atoms with Crippen molar-refractivity contribution >= 4 is 34.1 Å². The molecule has 1 heterocycles. The lowest BCUT2D eigenvalue weighted by molar-refractivity contribution is -0.124. The largest absolute Gasteiger partial charge is 0.368 e. The molecule has 0 spiro atoms. The number of anilines is 1. The van der Waals surface area contributed by atoms with Crippen LogP contribution in [0.1, 0.15) is 26.2 Å². The van der Waals surface area contributed by atoms with E-state index in [0.717, 1.165) is 35.3 Å². The summed E-state index contributed by atoms with van der Waals surface area (Å²) in [7, 11) is 3.88. The molecular formula is C13H23N5OS2. The van der Waals surface area contributed by atoms with Gasteiger partial charge in [-0.2, -0.15) is 0 Å². The van der Waals surface area contributed by atoms with Gasteiger partial charge in [-0.3, -0.25) is 4.79 Å². The van der Waals surface area contributed by atoms with Gasteiger partial charge in [-0.05, 0) is 31.7 Å². The molecule has 8 heteroatoms. The Hall–Kier alpha value is -0.860. The van der Waals surface area contributed by atoms with Crippen LogP contribution in [0.2, 0.25) is 0 Å². The van der Waals surface area contributed by atoms with Gasteiger partial charge in [0.05, 0.1) is 0 Å². The summed E-state index contributed by atoms with van der Waals surface area (Å²) in [6, 6.07) is 0. The Balaban J connectivity index is 2.05. The van der Waals surface area contributed by atoms with Gasteiger partial charge in [-0.1, -0.05) is 30.0 Å². The van der Waals surface area contributed by atoms with Gasteiger partial charge in [-0.25, -0.2) is 0 Å². The van der Waals surface area contributed by atoms with Crippen LogP contribution in [0.15, 0.2) is 4.34 Å². The number of primary amides is 1. The van der Waals surface area contributed by atoms with Crippen molar-refractivity contribution in [2.24, 2.45) is 11.7 Å². The Labute approximate surface area is 133 Å². The van der Waals surface area contributed by atoms with Gasteiger partial charge in [-0.15, -0.1) is 10.2 Å². The highest BCUT2D eigenvalue weighted by atomic mass is 32.2. The Morgan fingerprint density at radius 1 is 1.52 bits per heavy atom. The highest BCUT2D eigenvalue weighted by Crippen LogP contribution is 2.43. The normalized spacial score (nSPS) is 17.5. The molecule has 1 aliphatic rings. The van der Waals surface area contributed by atoms with Crippen LogP contribution in [0.3, 0.4) is 0 Å². The fourth-order valence-electron chi connectivity index (χ4n) is 2.21. The first-order valence-electron chi connectivity index (χ1n) is 7.18. The van der Waals surface area contributed by atoms with Crippen LogP contribution in [0.5, 0.6) is 0 Å². The first-order chi connectivity index (χ1) is 9.99. The Kier molecular flexibility index (Phi) is 5.45. The van der Waals surface area contributed by atoms with Crippen LogP contribution in [-0.2, 0) is 4.79 Å². The third-order valence-corrected chi connectivity index (χ3v) is 6.02. The van der Waals surface area contributed by atoms with E-state index in [1.54, 1.807) is 11.8 Å². The lowest BCUT2D eigenvalue weighted by Crippen LogP contribution is -2.59. The van der Waals surface area contributed by atoms with E-state index in [0.29, 0.717) is 11.7 Å². The van der Waals surface area contributed by atoms with E-state index in [1.807, 2.05) is 19.0 Å². The van der Waals surface area contributed by atoms with Crippen molar-refractivity contribution in [1.29, 1.82) is 0 Å². The lowest BCUT2D eigenvalue weighted by atomic mass is 9.94. The van der Waals surface area contributed by atoms with Crippen molar-refractivity contribution in [3.63, 3.8) is 0 Å². The van der Waals surface area contributed by atoms with Crippen molar-refractivity contribution in [3.8, 4) is 0 Å². The Morgan fingerprint density at radius 3 is 2.71 bits per heavy atom. The monoisotopic (exact) mass is 329 g/mol. The summed E-state index contributed by atoms with van der Waals surface area (Å²) in [5, 5.41) is 12.6. The molecule has 1 saturated carbocycles. The Morgan fingerprint density at radius 2 is 2.24 bits per heavy atom. The summed E-state index contributed by atoms with van der Waals surface area (Å²) in [6.45, 7) is 2.89. The van der Waals surface area contributed by atoms with Crippen LogP contribution in [0.25, 0.3) is 0 Å². The fourth-order valence-corrected chi connectivity index (χ4v) is 4.28. The van der Waals surface area contributed by atoms with E-state index in [-0.39, 0.29) is 5.91 Å². The molecule has 21 heavy (non-hydrogen) atoms. The van der Waals surface area contributed by atoms with Gasteiger partial charge in [0.2, 0.25) is 11.0 Å². The summed E-state index contributed by atoms with van der Waals surface area (Å²) in [5.74, 6) is 0.730. The standard InChI is InChI=1S/C13H23N5OS2/c1-4-7-15-13(10(14)19,9-5-6-9)8-20-12-17-16-11(21-12)18(2)3/h9,15H,4-8H2,1-3H3,(H2,14,19). The lowest BCUT2D eigenvalue weighted by Gasteiger charge is -2.31. The first-order valence-corrected chi connectivity index (χ1v) is 8.98. The van der Waals surface area contributed by atoms with E-state index < -0.39 is 5.54 Å². The van der Waals surface area contributed by atoms with Crippen LogP contribution in [0.4, 0.5) is 5.13 Å². The van der Waals surface area contributed by atoms with E-state index in [1.165, 1.54) is 11.3 Å². The second-order valence-corrected chi connectivity index (χ2v) is 7.75. The van der Waals surface area contributed by atoms with Gasteiger partial charge >= 0.3 is 0 Å². The predicted octanol–water partition coefficient (Wildman–Crippen LogP) is 1.33. The number of carbonyl (C=O) groups is 1. The fraction of sp³-hybridized carbons (Fsp3) is 0.769. The summed E-state index contributed by atoms with van der Waals surface area (Å²) in [5.41, 5.74) is 5.11. The number of nitrogens with one attached hydrogen (secondary N) is 1. The molecule has 1 atom stereocenters. The smallest absolute Gasteiger partial charge is 0.238 e. The van der Waals surface area contributed by atoms with E-state index in [2.05, 4.69) is 22.4 Å². The minimum absolute atomic E-state index is 0.247. The molecule has 2 rings (SSSR count). The van der Waals surface area contributed by atoms with Crippen molar-refractivity contribution < 1.29 is 4.79 Å². The maximum Gasteiger partial charge on any atom is 0.238 e. The van der Waals surface area contributed by atoms with Crippen LogP contribution >= 0.6 is 23.1 Å². The second-order valence-electron chi connectivity index (χ2n) is 5.57. The molecule has 0 saturated heterocycles. The number of hydrogen-bond donors (Lipinski definition) is 2. The number of amides is 1. The molecule has 0 bridgehead atoms. The summed E-state index contributed by atoms with van der Waals surface area (Å²) < 4.78 is 0.878. The highest BCUT2D eigenvalue weighted by molar-refractivity contribution is 8.01. The van der Waals surface area contributed by atoms with Crippen LogP contribution in [0, 0.1) is 5.92 Å². The molecule has 0 aromatic carbocycles. The number of rotatable bonds is 9. The zero-order chi connectivity index (χ0) is 15.5. The van der Waals surface area contributed by atoms with Crippen molar-refractivity contribution in [2.45, 2.75) is 36.1 Å². The maximum absolute atomic E-state index is 12.0. The van der Waals surface area contributed by atoms with E-state index >= 15 is 0 Å². The minimum atomic E-state index is -0.607. The maximum atomic E-state index is 12.0. The zero-order valence-electron chi connectivity index (χ0n) is 12.8. The number of hydrogen-bond acceptors (Lipinski definition) is 7. The molecule has 1 aromatic heterocycles. The number of carbonyl (C=O) groups excluding carboxylic acids is 1. The van der Waals surface area contributed by atoms with Gasteiger partial charge in [0.15, 0.2) is 4.34 Å². The van der Waals surface area contributed by atoms with Gasteiger partial charge in [0, 0.05) is 19.8 Å². The van der Waals surface area contributed by atoms with Gasteiger partial charge in [0.25, 0.3) is 0 Å².